The van der Waals surface area contributed by atoms with Crippen molar-refractivity contribution in [3.05, 3.63) is 33.9 Å². The topological polar surface area (TPSA) is 97.4 Å². The van der Waals surface area contributed by atoms with E-state index in [1.807, 2.05) is 0 Å². The van der Waals surface area contributed by atoms with Crippen molar-refractivity contribution in [2.45, 2.75) is 30.7 Å². The second-order valence-corrected chi connectivity index (χ2v) is 6.85. The summed E-state index contributed by atoms with van der Waals surface area (Å²) in [6, 6.07) is 1.11. The number of anilines is 1. The van der Waals surface area contributed by atoms with E-state index >= 15 is 0 Å². The minimum absolute atomic E-state index is 0.119. The third kappa shape index (κ3) is 2.15. The average Bonchev–Trinajstić information content (AvgIpc) is 3.45. The predicted molar refractivity (Wildman–Crippen MR) is 84.4 cm³/mol. The van der Waals surface area contributed by atoms with Gasteiger partial charge in [-0.25, -0.2) is 18.6 Å². The average molecular weight is 348 g/mol. The normalized spacial score (nSPS) is 29.8. The summed E-state index contributed by atoms with van der Waals surface area (Å²) in [5.41, 5.74) is -1.18. The maximum absolute atomic E-state index is 14.6. The second-order valence-electron chi connectivity index (χ2n) is 6.85. The molecule has 4 atom stereocenters. The number of aromatic nitrogens is 2. The molecule has 7 nitrogen and oxygen atoms in total. The summed E-state index contributed by atoms with van der Waals surface area (Å²) in [5.74, 6) is -1.98. The second kappa shape index (κ2) is 4.75. The van der Waals surface area contributed by atoms with Crippen molar-refractivity contribution in [1.82, 2.24) is 14.9 Å². The Kier molecular flexibility index (Phi) is 2.81. The lowest BCUT2D eigenvalue weighted by Crippen LogP contribution is -2.29. The van der Waals surface area contributed by atoms with Crippen LogP contribution in [0.3, 0.4) is 0 Å². The van der Waals surface area contributed by atoms with E-state index in [0.717, 1.165) is 12.3 Å². The van der Waals surface area contributed by atoms with Gasteiger partial charge in [-0.3, -0.25) is 4.79 Å². The molecule has 2 aliphatic heterocycles. The highest BCUT2D eigenvalue weighted by molar-refractivity contribution is 5.92. The fourth-order valence-electron chi connectivity index (χ4n) is 3.61. The molecule has 0 spiro atoms. The summed E-state index contributed by atoms with van der Waals surface area (Å²) in [6.45, 7) is 1.24. The van der Waals surface area contributed by atoms with E-state index < -0.39 is 35.0 Å². The van der Waals surface area contributed by atoms with Crippen LogP contribution in [0.15, 0.2) is 17.1 Å². The molecule has 2 aromatic heterocycles. The first-order chi connectivity index (χ1) is 11.9. The van der Waals surface area contributed by atoms with Gasteiger partial charge in [-0.05, 0) is 6.07 Å². The lowest BCUT2D eigenvalue weighted by atomic mass is 10.2. The summed E-state index contributed by atoms with van der Waals surface area (Å²) in [4.78, 5) is 29.8. The Balaban J connectivity index is 1.73. The van der Waals surface area contributed by atoms with Gasteiger partial charge in [0.05, 0.1) is 11.4 Å². The van der Waals surface area contributed by atoms with Gasteiger partial charge in [-0.2, -0.15) is 0 Å². The molecular formula is C16H14F2N4O3. The van der Waals surface area contributed by atoms with Crippen LogP contribution in [0.2, 0.25) is 0 Å². The molecule has 0 amide bonds. The molecule has 0 radical (unpaired) electrons. The largest absolute Gasteiger partial charge is 0.477 e. The zero-order chi connectivity index (χ0) is 17.5. The number of rotatable bonds is 3. The number of fused-ring (bicyclic) bond motifs is 2. The zero-order valence-corrected chi connectivity index (χ0v) is 12.9. The number of carboxylic acids is 1. The molecule has 3 fully saturated rings. The summed E-state index contributed by atoms with van der Waals surface area (Å²) < 4.78 is 29.5. The first-order valence-corrected chi connectivity index (χ1v) is 8.08. The minimum atomic E-state index is -1.42. The van der Waals surface area contributed by atoms with Crippen LogP contribution in [0, 0.1) is 5.82 Å². The van der Waals surface area contributed by atoms with Crippen molar-refractivity contribution in [2.24, 2.45) is 0 Å². The summed E-state index contributed by atoms with van der Waals surface area (Å²) in [6.07, 6.45) is 0.226. The fourth-order valence-corrected chi connectivity index (χ4v) is 3.61. The van der Waals surface area contributed by atoms with Crippen LogP contribution in [0.25, 0.3) is 11.0 Å². The van der Waals surface area contributed by atoms with E-state index in [1.165, 1.54) is 4.57 Å². The summed E-state index contributed by atoms with van der Waals surface area (Å²) >= 11 is 0. The van der Waals surface area contributed by atoms with Gasteiger partial charge in [0.25, 0.3) is 0 Å². The number of halogens is 2. The Bertz CT molecular complexity index is 981. The molecule has 25 heavy (non-hydrogen) atoms. The molecule has 2 unspecified atom stereocenters. The molecule has 9 heteroatoms. The maximum atomic E-state index is 14.6. The summed E-state index contributed by atoms with van der Waals surface area (Å²) in [7, 11) is 0. The van der Waals surface area contributed by atoms with Crippen LogP contribution in [-0.2, 0) is 0 Å². The molecule has 2 N–H and O–H groups in total. The number of alkyl halides is 1. The van der Waals surface area contributed by atoms with E-state index in [0.29, 0.717) is 25.2 Å². The highest BCUT2D eigenvalue weighted by Gasteiger charge is 2.46. The van der Waals surface area contributed by atoms with E-state index in [4.69, 9.17) is 0 Å². The molecule has 4 heterocycles. The molecular weight excluding hydrogens is 334 g/mol. The highest BCUT2D eigenvalue weighted by atomic mass is 19.1. The van der Waals surface area contributed by atoms with Crippen LogP contribution in [0.5, 0.6) is 0 Å². The number of aromatic carboxylic acids is 1. The van der Waals surface area contributed by atoms with E-state index in [2.05, 4.69) is 10.3 Å². The lowest BCUT2D eigenvalue weighted by Gasteiger charge is -2.21. The van der Waals surface area contributed by atoms with Crippen LogP contribution >= 0.6 is 0 Å². The van der Waals surface area contributed by atoms with Gasteiger partial charge in [0.2, 0.25) is 5.43 Å². The molecule has 0 bridgehead atoms. The molecule has 2 saturated heterocycles. The minimum Gasteiger partial charge on any atom is -0.477 e. The number of carboxylic acid groups (broad SMARTS) is 1. The van der Waals surface area contributed by atoms with Crippen LogP contribution < -0.4 is 15.6 Å². The van der Waals surface area contributed by atoms with Crippen LogP contribution in [0.1, 0.15) is 22.8 Å². The predicted octanol–water partition coefficient (Wildman–Crippen LogP) is 0.677. The van der Waals surface area contributed by atoms with Gasteiger partial charge >= 0.3 is 5.97 Å². The van der Waals surface area contributed by atoms with Gasteiger partial charge in [-0.15, -0.1) is 0 Å². The number of piperazine rings is 1. The van der Waals surface area contributed by atoms with Crippen molar-refractivity contribution >= 4 is 22.8 Å². The van der Waals surface area contributed by atoms with Crippen LogP contribution in [-0.4, -0.2) is 52.0 Å². The molecule has 3 aliphatic rings. The van der Waals surface area contributed by atoms with Crippen molar-refractivity contribution in [3.63, 3.8) is 0 Å². The number of hydrogen-bond donors (Lipinski definition) is 2. The quantitative estimate of drug-likeness (QED) is 0.792. The number of hydrogen-bond acceptors (Lipinski definition) is 5. The number of pyridine rings is 2. The van der Waals surface area contributed by atoms with Crippen molar-refractivity contribution in [2.75, 3.05) is 18.0 Å². The molecule has 130 valence electrons. The SMILES string of the molecule is O=C(O)c1cn([C@@H]2C[C@@H]2F)c2nc(N3CC4NC4C3)c(F)cc2c1=O. The smallest absolute Gasteiger partial charge is 0.341 e. The van der Waals surface area contributed by atoms with Crippen molar-refractivity contribution in [3.8, 4) is 0 Å². The fraction of sp³-hybridized carbons (Fsp3) is 0.438. The first-order valence-electron chi connectivity index (χ1n) is 8.08. The Morgan fingerprint density at radius 1 is 1.36 bits per heavy atom. The van der Waals surface area contributed by atoms with Gasteiger partial charge in [-0.1, -0.05) is 0 Å². The maximum Gasteiger partial charge on any atom is 0.341 e. The van der Waals surface area contributed by atoms with Gasteiger partial charge in [0, 0.05) is 37.8 Å². The third-order valence-electron chi connectivity index (χ3n) is 5.15. The molecule has 1 aliphatic carbocycles. The number of nitrogens with zero attached hydrogens (tertiary/aromatic N) is 3. The Labute approximate surface area is 139 Å². The van der Waals surface area contributed by atoms with Gasteiger partial charge in [0.15, 0.2) is 11.6 Å². The third-order valence-corrected chi connectivity index (χ3v) is 5.15. The van der Waals surface area contributed by atoms with Gasteiger partial charge < -0.3 is 19.9 Å². The standard InChI is InChI=1S/C16H14F2N4O3/c17-8-2-12(8)22-3-7(16(24)25)13(23)6-1-9(18)15(20-14(6)22)21-4-10-11(5-21)19-10/h1,3,8,10-12,19H,2,4-5H2,(H,24,25)/t8-,10?,11?,12+/m0/s1. The Hall–Kier alpha value is -2.55. The zero-order valence-electron chi connectivity index (χ0n) is 12.9. The summed E-state index contributed by atoms with van der Waals surface area (Å²) in [5, 5.41) is 12.3. The Morgan fingerprint density at radius 2 is 2.04 bits per heavy atom. The Morgan fingerprint density at radius 3 is 2.64 bits per heavy atom. The van der Waals surface area contributed by atoms with Crippen molar-refractivity contribution in [1.29, 1.82) is 0 Å². The van der Waals surface area contributed by atoms with Crippen LogP contribution in [0.4, 0.5) is 14.6 Å². The number of carbonyl (C=O) groups is 1. The molecule has 2 aromatic rings. The van der Waals surface area contributed by atoms with E-state index in [-0.39, 0.29) is 23.3 Å². The first kappa shape index (κ1) is 14.8. The lowest BCUT2D eigenvalue weighted by molar-refractivity contribution is 0.0694. The van der Waals surface area contributed by atoms with E-state index in [1.54, 1.807) is 4.90 Å². The van der Waals surface area contributed by atoms with Gasteiger partial charge in [0.1, 0.15) is 17.4 Å². The molecule has 0 aromatic carbocycles. The molecule has 1 saturated carbocycles. The monoisotopic (exact) mass is 348 g/mol. The van der Waals surface area contributed by atoms with E-state index in [9.17, 15) is 23.5 Å². The van der Waals surface area contributed by atoms with Crippen molar-refractivity contribution < 1.29 is 18.7 Å². The highest BCUT2D eigenvalue weighted by Crippen LogP contribution is 2.40. The molecule has 5 rings (SSSR count). The number of nitrogens with one attached hydrogen (secondary N) is 1.